The molecule has 0 saturated heterocycles. The van der Waals surface area contributed by atoms with Crippen LogP contribution in [-0.2, 0) is 12.8 Å². The van der Waals surface area contributed by atoms with Crippen molar-refractivity contribution in [2.45, 2.75) is 10.9 Å². The fourth-order valence-electron chi connectivity index (χ4n) is 2.10. The minimum absolute atomic E-state index is 0.156. The summed E-state index contributed by atoms with van der Waals surface area (Å²) < 4.78 is 17.4. The monoisotopic (exact) mass is 372 g/mol. The summed E-state index contributed by atoms with van der Waals surface area (Å²) >= 11 is 1.44. The molecule has 7 nitrogen and oxygen atoms in total. The average Bonchev–Trinajstić information content (AvgIpc) is 3.07. The van der Waals surface area contributed by atoms with Crippen molar-refractivity contribution in [3.8, 4) is 11.5 Å². The molecule has 3 rings (SSSR count). The van der Waals surface area contributed by atoms with Gasteiger partial charge in [0, 0.05) is 25.5 Å². The Balaban J connectivity index is 1.66. The van der Waals surface area contributed by atoms with Crippen LogP contribution in [-0.4, -0.2) is 22.6 Å². The highest BCUT2D eigenvalue weighted by molar-refractivity contribution is 7.98. The number of nitrogens with zero attached hydrogens (tertiary/aromatic N) is 2. The van der Waals surface area contributed by atoms with Gasteiger partial charge in [0.25, 0.3) is 0 Å². The summed E-state index contributed by atoms with van der Waals surface area (Å²) in [4.78, 5) is 28.4. The van der Waals surface area contributed by atoms with E-state index in [0.29, 0.717) is 22.8 Å². The standard InChI is InChI=1S/C18H16N2O5S/c1-20-8-7-19-18(20)26-11-14-9-15(21)16(10-24-14)25-17(22)12-3-5-13(23-2)6-4-12/h3-10H,11H2,1-2H3. The third-order valence-corrected chi connectivity index (χ3v) is 4.58. The molecule has 0 bridgehead atoms. The highest BCUT2D eigenvalue weighted by atomic mass is 32.2. The van der Waals surface area contributed by atoms with Crippen molar-refractivity contribution in [3.63, 3.8) is 0 Å². The van der Waals surface area contributed by atoms with Gasteiger partial charge in [-0.05, 0) is 24.3 Å². The molecule has 3 aromatic rings. The van der Waals surface area contributed by atoms with E-state index in [9.17, 15) is 9.59 Å². The Labute approximate surface area is 153 Å². The highest BCUT2D eigenvalue weighted by Crippen LogP contribution is 2.21. The van der Waals surface area contributed by atoms with Crippen molar-refractivity contribution in [1.29, 1.82) is 0 Å². The second kappa shape index (κ2) is 7.92. The molecule has 0 aliphatic heterocycles. The van der Waals surface area contributed by atoms with Crippen LogP contribution in [0.5, 0.6) is 11.5 Å². The molecule has 0 aliphatic rings. The van der Waals surface area contributed by atoms with Gasteiger partial charge in [0.05, 0.1) is 18.4 Å². The van der Waals surface area contributed by atoms with E-state index in [2.05, 4.69) is 4.98 Å². The first kappa shape index (κ1) is 17.8. The molecule has 0 saturated carbocycles. The molecular formula is C18H16N2O5S. The van der Waals surface area contributed by atoms with Gasteiger partial charge < -0.3 is 18.5 Å². The van der Waals surface area contributed by atoms with Crippen LogP contribution >= 0.6 is 11.8 Å². The van der Waals surface area contributed by atoms with Crippen LogP contribution in [0.2, 0.25) is 0 Å². The number of imidazole rings is 1. The third kappa shape index (κ3) is 4.15. The Morgan fingerprint density at radius 3 is 2.69 bits per heavy atom. The minimum atomic E-state index is -0.643. The van der Waals surface area contributed by atoms with Crippen molar-refractivity contribution in [1.82, 2.24) is 9.55 Å². The maximum absolute atomic E-state index is 12.1. The van der Waals surface area contributed by atoms with Crippen LogP contribution in [0.3, 0.4) is 0 Å². The first-order valence-electron chi connectivity index (χ1n) is 7.65. The molecule has 1 aromatic carbocycles. The number of ether oxygens (including phenoxy) is 2. The van der Waals surface area contributed by atoms with Gasteiger partial charge in [0.15, 0.2) is 5.16 Å². The lowest BCUT2D eigenvalue weighted by atomic mass is 10.2. The maximum atomic E-state index is 12.1. The second-order valence-electron chi connectivity index (χ2n) is 5.30. The lowest BCUT2D eigenvalue weighted by Crippen LogP contribution is -2.14. The number of aromatic nitrogens is 2. The number of carbonyl (C=O) groups is 1. The molecular weight excluding hydrogens is 356 g/mol. The zero-order chi connectivity index (χ0) is 18.5. The number of hydrogen-bond acceptors (Lipinski definition) is 7. The predicted octanol–water partition coefficient (Wildman–Crippen LogP) is 2.89. The number of carbonyl (C=O) groups excluding carboxylic acids is 1. The van der Waals surface area contributed by atoms with Gasteiger partial charge in [-0.25, -0.2) is 9.78 Å². The third-order valence-electron chi connectivity index (χ3n) is 3.50. The second-order valence-corrected chi connectivity index (χ2v) is 6.24. The maximum Gasteiger partial charge on any atom is 0.343 e. The Kier molecular flexibility index (Phi) is 5.43. The van der Waals surface area contributed by atoms with Gasteiger partial charge in [-0.3, -0.25) is 4.79 Å². The summed E-state index contributed by atoms with van der Waals surface area (Å²) in [6.07, 6.45) is 4.68. The van der Waals surface area contributed by atoms with Gasteiger partial charge >= 0.3 is 5.97 Å². The summed E-state index contributed by atoms with van der Waals surface area (Å²) in [5.74, 6) is 0.724. The fourth-order valence-corrected chi connectivity index (χ4v) is 2.92. The molecule has 0 unspecified atom stereocenters. The number of rotatable bonds is 6. The van der Waals surface area contributed by atoms with E-state index >= 15 is 0 Å². The van der Waals surface area contributed by atoms with Crippen molar-refractivity contribution >= 4 is 17.7 Å². The summed E-state index contributed by atoms with van der Waals surface area (Å²) in [5, 5.41) is 0.808. The van der Waals surface area contributed by atoms with Gasteiger partial charge in [0.1, 0.15) is 17.8 Å². The molecule has 0 N–H and O–H groups in total. The van der Waals surface area contributed by atoms with Gasteiger partial charge in [-0.15, -0.1) is 0 Å². The Morgan fingerprint density at radius 1 is 1.31 bits per heavy atom. The summed E-state index contributed by atoms with van der Waals surface area (Å²) in [6, 6.07) is 7.70. The van der Waals surface area contributed by atoms with E-state index in [4.69, 9.17) is 13.9 Å². The topological polar surface area (TPSA) is 83.6 Å². The number of benzene rings is 1. The van der Waals surface area contributed by atoms with Gasteiger partial charge in [-0.1, -0.05) is 11.8 Å². The smallest absolute Gasteiger partial charge is 0.343 e. The molecule has 8 heteroatoms. The summed E-state index contributed by atoms with van der Waals surface area (Å²) in [6.45, 7) is 0. The van der Waals surface area contributed by atoms with Crippen molar-refractivity contribution in [3.05, 3.63) is 70.5 Å². The molecule has 0 atom stereocenters. The average molecular weight is 372 g/mol. The lowest BCUT2D eigenvalue weighted by molar-refractivity contribution is 0.0729. The number of methoxy groups -OCH3 is 1. The summed E-state index contributed by atoms with van der Waals surface area (Å²) in [7, 11) is 3.42. The van der Waals surface area contributed by atoms with Crippen molar-refractivity contribution in [2.75, 3.05) is 7.11 Å². The van der Waals surface area contributed by atoms with E-state index in [1.54, 1.807) is 30.5 Å². The first-order valence-corrected chi connectivity index (χ1v) is 8.63. The molecule has 2 heterocycles. The van der Waals surface area contributed by atoms with Crippen molar-refractivity contribution < 1.29 is 18.7 Å². The van der Waals surface area contributed by atoms with E-state index in [-0.39, 0.29) is 5.75 Å². The zero-order valence-corrected chi connectivity index (χ0v) is 15.0. The van der Waals surface area contributed by atoms with E-state index in [1.165, 1.54) is 24.9 Å². The normalized spacial score (nSPS) is 10.5. The predicted molar refractivity (Wildman–Crippen MR) is 95.7 cm³/mol. The molecule has 0 amide bonds. The quantitative estimate of drug-likeness (QED) is 0.486. The van der Waals surface area contributed by atoms with Gasteiger partial charge in [0.2, 0.25) is 11.2 Å². The Hall–Kier alpha value is -3.00. The van der Waals surface area contributed by atoms with Crippen LogP contribution in [0.4, 0.5) is 0 Å². The molecule has 0 aliphatic carbocycles. The van der Waals surface area contributed by atoms with Crippen LogP contribution in [0, 0.1) is 0 Å². The first-order chi connectivity index (χ1) is 12.6. The van der Waals surface area contributed by atoms with Crippen LogP contribution in [0.15, 0.2) is 63.4 Å². The number of thioether (sulfide) groups is 1. The fraction of sp³-hybridized carbons (Fsp3) is 0.167. The number of hydrogen-bond donors (Lipinski definition) is 0. The molecule has 0 radical (unpaired) electrons. The van der Waals surface area contributed by atoms with Crippen LogP contribution < -0.4 is 14.9 Å². The SMILES string of the molecule is COc1ccc(C(=O)Oc2coc(CSc3nccn3C)cc2=O)cc1. The van der Waals surface area contributed by atoms with E-state index in [1.807, 2.05) is 17.8 Å². The highest BCUT2D eigenvalue weighted by Gasteiger charge is 2.13. The Bertz CT molecular complexity index is 962. The Morgan fingerprint density at radius 2 is 2.08 bits per heavy atom. The number of esters is 1. The minimum Gasteiger partial charge on any atom is -0.497 e. The molecule has 2 aromatic heterocycles. The van der Waals surface area contributed by atoms with E-state index in [0.717, 1.165) is 11.4 Å². The van der Waals surface area contributed by atoms with Crippen molar-refractivity contribution in [2.24, 2.45) is 7.05 Å². The van der Waals surface area contributed by atoms with Crippen LogP contribution in [0.1, 0.15) is 16.1 Å². The molecule has 0 spiro atoms. The van der Waals surface area contributed by atoms with E-state index < -0.39 is 11.4 Å². The zero-order valence-electron chi connectivity index (χ0n) is 14.2. The number of aryl methyl sites for hydroxylation is 1. The molecule has 134 valence electrons. The summed E-state index contributed by atoms with van der Waals surface area (Å²) in [5.41, 5.74) is -0.117. The molecule has 26 heavy (non-hydrogen) atoms. The lowest BCUT2D eigenvalue weighted by Gasteiger charge is -2.05. The van der Waals surface area contributed by atoms with Crippen LogP contribution in [0.25, 0.3) is 0 Å². The van der Waals surface area contributed by atoms with Gasteiger partial charge in [-0.2, -0.15) is 0 Å². The molecule has 0 fully saturated rings. The largest absolute Gasteiger partial charge is 0.497 e.